The number of rotatable bonds is 5. The third-order valence-electron chi connectivity index (χ3n) is 4.43. The van der Waals surface area contributed by atoms with E-state index in [0.29, 0.717) is 17.4 Å². The fourth-order valence-corrected chi connectivity index (χ4v) is 2.95. The molecule has 1 aliphatic rings. The number of nitrogens with one attached hydrogen (secondary N) is 1. The lowest BCUT2D eigenvalue weighted by molar-refractivity contribution is 0.0680. The molecule has 0 unspecified atom stereocenters. The second kappa shape index (κ2) is 7.43. The van der Waals surface area contributed by atoms with Crippen molar-refractivity contribution in [2.45, 2.75) is 52.0 Å². The van der Waals surface area contributed by atoms with Crippen LogP contribution >= 0.6 is 0 Å². The van der Waals surface area contributed by atoms with E-state index in [1.807, 2.05) is 24.1 Å². The molecule has 4 heteroatoms. The summed E-state index contributed by atoms with van der Waals surface area (Å²) in [4.78, 5) is 19.0. The van der Waals surface area contributed by atoms with Gasteiger partial charge in [-0.25, -0.2) is 4.98 Å². The summed E-state index contributed by atoms with van der Waals surface area (Å²) in [6.07, 6.45) is 7.41. The van der Waals surface area contributed by atoms with E-state index in [1.54, 1.807) is 6.20 Å². The van der Waals surface area contributed by atoms with Crippen molar-refractivity contribution in [2.24, 2.45) is 5.92 Å². The number of amides is 1. The summed E-state index contributed by atoms with van der Waals surface area (Å²) in [6, 6.07) is 4.07. The van der Waals surface area contributed by atoms with Crippen LogP contribution in [0.5, 0.6) is 0 Å². The minimum Gasteiger partial charge on any atom is -0.369 e. The van der Waals surface area contributed by atoms with E-state index in [4.69, 9.17) is 0 Å². The summed E-state index contributed by atoms with van der Waals surface area (Å²) in [5, 5.41) is 3.25. The average Bonchev–Trinajstić information content (AvgIpc) is 2.52. The van der Waals surface area contributed by atoms with Gasteiger partial charge in [0.15, 0.2) is 0 Å². The lowest BCUT2D eigenvalue weighted by Gasteiger charge is -2.33. The van der Waals surface area contributed by atoms with Gasteiger partial charge in [-0.2, -0.15) is 0 Å². The molecule has 1 fully saturated rings. The molecule has 116 valence electrons. The highest BCUT2D eigenvalue weighted by Crippen LogP contribution is 2.27. The minimum atomic E-state index is 0.0845. The van der Waals surface area contributed by atoms with Crippen LogP contribution in [-0.4, -0.2) is 35.4 Å². The van der Waals surface area contributed by atoms with Crippen LogP contribution < -0.4 is 5.32 Å². The lowest BCUT2D eigenvalue weighted by Crippen LogP contribution is -2.39. The second-order valence-electron chi connectivity index (χ2n) is 6.16. The number of pyridine rings is 1. The van der Waals surface area contributed by atoms with E-state index in [2.05, 4.69) is 24.1 Å². The van der Waals surface area contributed by atoms with Crippen LogP contribution in [0.15, 0.2) is 18.3 Å². The predicted octanol–water partition coefficient (Wildman–Crippen LogP) is 3.55. The van der Waals surface area contributed by atoms with Gasteiger partial charge in [-0.1, -0.05) is 13.8 Å². The molecule has 1 heterocycles. The first-order valence-electron chi connectivity index (χ1n) is 8.09. The van der Waals surface area contributed by atoms with Crippen molar-refractivity contribution < 1.29 is 4.79 Å². The minimum absolute atomic E-state index is 0.0845. The van der Waals surface area contributed by atoms with Gasteiger partial charge < -0.3 is 10.2 Å². The summed E-state index contributed by atoms with van der Waals surface area (Å²) in [5.74, 6) is 1.59. The zero-order valence-electron chi connectivity index (χ0n) is 13.4. The maximum atomic E-state index is 12.8. The Kier molecular flexibility index (Phi) is 5.59. The quantitative estimate of drug-likeness (QED) is 0.901. The van der Waals surface area contributed by atoms with Crippen molar-refractivity contribution in [1.29, 1.82) is 0 Å². The Morgan fingerprint density at radius 2 is 2.10 bits per heavy atom. The topological polar surface area (TPSA) is 45.2 Å². The normalized spacial score (nSPS) is 21.9. The Labute approximate surface area is 127 Å². The van der Waals surface area contributed by atoms with Crippen LogP contribution in [0.4, 0.5) is 5.82 Å². The monoisotopic (exact) mass is 289 g/mol. The van der Waals surface area contributed by atoms with Crippen molar-refractivity contribution >= 4 is 11.7 Å². The number of aromatic nitrogens is 1. The van der Waals surface area contributed by atoms with E-state index in [0.717, 1.165) is 31.7 Å². The van der Waals surface area contributed by atoms with Crippen molar-refractivity contribution in [3.63, 3.8) is 0 Å². The Morgan fingerprint density at radius 3 is 2.76 bits per heavy atom. The standard InChI is InChI=1S/C17H27N3O/c1-4-11-18-16-15(6-5-12-19-16)17(21)20(3)14-9-7-13(2)8-10-14/h5-6,12-14H,4,7-11H2,1-3H3,(H,18,19). The molecule has 4 nitrogen and oxygen atoms in total. The van der Waals surface area contributed by atoms with Crippen LogP contribution in [-0.2, 0) is 0 Å². The first kappa shape index (κ1) is 15.8. The van der Waals surface area contributed by atoms with Crippen molar-refractivity contribution in [2.75, 3.05) is 18.9 Å². The van der Waals surface area contributed by atoms with Crippen molar-refractivity contribution in [3.05, 3.63) is 23.9 Å². The van der Waals surface area contributed by atoms with E-state index < -0.39 is 0 Å². The molecule has 1 amide bonds. The second-order valence-corrected chi connectivity index (χ2v) is 6.16. The Morgan fingerprint density at radius 1 is 1.38 bits per heavy atom. The molecule has 0 saturated heterocycles. The molecule has 0 bridgehead atoms. The average molecular weight is 289 g/mol. The number of anilines is 1. The summed E-state index contributed by atoms with van der Waals surface area (Å²) >= 11 is 0. The molecular weight excluding hydrogens is 262 g/mol. The fourth-order valence-electron chi connectivity index (χ4n) is 2.95. The van der Waals surface area contributed by atoms with Gasteiger partial charge in [-0.15, -0.1) is 0 Å². The molecule has 0 aromatic carbocycles. The summed E-state index contributed by atoms with van der Waals surface area (Å²) in [5.41, 5.74) is 0.687. The van der Waals surface area contributed by atoms with Crippen LogP contribution in [0.1, 0.15) is 56.3 Å². The fraction of sp³-hybridized carbons (Fsp3) is 0.647. The van der Waals surface area contributed by atoms with Crippen LogP contribution in [0, 0.1) is 5.92 Å². The van der Waals surface area contributed by atoms with Crippen LogP contribution in [0.25, 0.3) is 0 Å². The van der Waals surface area contributed by atoms with Crippen LogP contribution in [0.2, 0.25) is 0 Å². The molecule has 0 aliphatic heterocycles. The molecule has 2 rings (SSSR count). The smallest absolute Gasteiger partial charge is 0.257 e. The van der Waals surface area contributed by atoms with Gasteiger partial charge in [0.2, 0.25) is 0 Å². The van der Waals surface area contributed by atoms with Gasteiger partial charge in [-0.3, -0.25) is 4.79 Å². The highest BCUT2D eigenvalue weighted by atomic mass is 16.2. The Hall–Kier alpha value is -1.58. The van der Waals surface area contributed by atoms with Crippen molar-refractivity contribution in [3.8, 4) is 0 Å². The summed E-state index contributed by atoms with van der Waals surface area (Å²) < 4.78 is 0. The molecule has 1 saturated carbocycles. The molecule has 21 heavy (non-hydrogen) atoms. The zero-order valence-corrected chi connectivity index (χ0v) is 13.4. The van der Waals surface area contributed by atoms with Gasteiger partial charge in [-0.05, 0) is 50.2 Å². The molecule has 1 aromatic rings. The summed E-state index contributed by atoms with van der Waals surface area (Å²) in [6.45, 7) is 5.24. The number of carbonyl (C=O) groups excluding carboxylic acids is 1. The largest absolute Gasteiger partial charge is 0.369 e. The number of hydrogen-bond acceptors (Lipinski definition) is 3. The molecule has 0 atom stereocenters. The first-order valence-corrected chi connectivity index (χ1v) is 8.09. The maximum absolute atomic E-state index is 12.8. The molecule has 1 aliphatic carbocycles. The van der Waals surface area contributed by atoms with Crippen LogP contribution in [0.3, 0.4) is 0 Å². The molecule has 0 radical (unpaired) electrons. The highest BCUT2D eigenvalue weighted by molar-refractivity contribution is 5.98. The molecule has 0 spiro atoms. The highest BCUT2D eigenvalue weighted by Gasteiger charge is 2.26. The van der Waals surface area contributed by atoms with Gasteiger partial charge in [0.05, 0.1) is 5.56 Å². The number of hydrogen-bond donors (Lipinski definition) is 1. The number of nitrogens with zero attached hydrogens (tertiary/aromatic N) is 2. The SMILES string of the molecule is CCCNc1ncccc1C(=O)N(C)C1CCC(C)CC1. The third kappa shape index (κ3) is 3.96. The molecule has 1 N–H and O–H groups in total. The van der Waals surface area contributed by atoms with E-state index in [-0.39, 0.29) is 5.91 Å². The Balaban J connectivity index is 2.08. The van der Waals surface area contributed by atoms with E-state index in [1.165, 1.54) is 12.8 Å². The van der Waals surface area contributed by atoms with Gasteiger partial charge in [0.1, 0.15) is 5.82 Å². The molecular formula is C17H27N3O. The lowest BCUT2D eigenvalue weighted by atomic mass is 9.86. The van der Waals surface area contributed by atoms with Crippen molar-refractivity contribution in [1.82, 2.24) is 9.88 Å². The summed E-state index contributed by atoms with van der Waals surface area (Å²) in [7, 11) is 1.93. The predicted molar refractivity (Wildman–Crippen MR) is 86.5 cm³/mol. The third-order valence-corrected chi connectivity index (χ3v) is 4.43. The zero-order chi connectivity index (χ0) is 15.2. The first-order chi connectivity index (χ1) is 10.1. The maximum Gasteiger partial charge on any atom is 0.257 e. The van der Waals surface area contributed by atoms with E-state index in [9.17, 15) is 4.79 Å². The van der Waals surface area contributed by atoms with Gasteiger partial charge in [0.25, 0.3) is 5.91 Å². The molecule has 1 aromatic heterocycles. The van der Waals surface area contributed by atoms with Gasteiger partial charge in [0, 0.05) is 25.8 Å². The van der Waals surface area contributed by atoms with E-state index >= 15 is 0 Å². The number of carbonyl (C=O) groups is 1. The Bertz CT molecular complexity index is 467. The van der Waals surface area contributed by atoms with Gasteiger partial charge >= 0.3 is 0 Å².